The van der Waals surface area contributed by atoms with Crippen molar-refractivity contribution in [2.75, 3.05) is 12.0 Å². The number of halogens is 2. The molecule has 0 bridgehead atoms. The normalized spacial score (nSPS) is 14.1. The third-order valence-electron chi connectivity index (χ3n) is 2.04. The molecule has 0 saturated heterocycles. The molecule has 5 nitrogen and oxygen atoms in total. The van der Waals surface area contributed by atoms with E-state index in [0.717, 1.165) is 0 Å². The molecule has 102 valence electrons. The number of nitrogens with one attached hydrogen (secondary N) is 1. The van der Waals surface area contributed by atoms with Crippen molar-refractivity contribution in [3.05, 3.63) is 41.4 Å². The van der Waals surface area contributed by atoms with Gasteiger partial charge in [-0.1, -0.05) is 29.8 Å². The van der Waals surface area contributed by atoms with Gasteiger partial charge in [-0.15, -0.1) is 11.6 Å². The molecule has 0 aliphatic carbocycles. The maximum Gasteiger partial charge on any atom is 0.353 e. The van der Waals surface area contributed by atoms with E-state index < -0.39 is 18.0 Å². The summed E-state index contributed by atoms with van der Waals surface area (Å²) in [5, 5.41) is 20.5. The number of para-hydroxylation sites is 1. The zero-order valence-corrected chi connectivity index (χ0v) is 11.3. The van der Waals surface area contributed by atoms with Crippen LogP contribution >= 0.6 is 23.2 Å². The molecule has 0 fully saturated rings. The van der Waals surface area contributed by atoms with E-state index in [1.807, 2.05) is 6.07 Å². The molecule has 0 heterocycles. The molecule has 0 aliphatic heterocycles. The van der Waals surface area contributed by atoms with Gasteiger partial charge in [-0.25, -0.2) is 4.79 Å². The number of carboxylic acid groups (broad SMARTS) is 1. The summed E-state index contributed by atoms with van der Waals surface area (Å²) in [6, 6.07) is 8.82. The van der Waals surface area contributed by atoms with Gasteiger partial charge in [-0.05, 0) is 18.2 Å². The molecule has 0 radical (unpaired) electrons. The molecule has 0 amide bonds. The first-order valence-corrected chi connectivity index (χ1v) is 6.09. The van der Waals surface area contributed by atoms with Gasteiger partial charge >= 0.3 is 5.97 Å². The lowest BCUT2D eigenvalue weighted by atomic mass is 10.2. The number of benzene rings is 1. The molecule has 0 spiro atoms. The van der Waals surface area contributed by atoms with Crippen LogP contribution in [-0.2, 0) is 4.79 Å². The lowest BCUT2D eigenvalue weighted by molar-refractivity contribution is -0.129. The molecule has 1 unspecified atom stereocenters. The molecule has 1 rings (SSSR count). The molecule has 3 N–H and O–H groups in total. The highest BCUT2D eigenvalue weighted by Gasteiger charge is 2.19. The first kappa shape index (κ1) is 15.5. The zero-order chi connectivity index (χ0) is 14.3. The van der Waals surface area contributed by atoms with Crippen molar-refractivity contribution in [3.63, 3.8) is 0 Å². The lowest BCUT2D eigenvalue weighted by Gasteiger charge is -2.06. The Labute approximate surface area is 120 Å². The number of anilines is 1. The topological polar surface area (TPSA) is 81.9 Å². The van der Waals surface area contributed by atoms with Crippen LogP contribution in [0.25, 0.3) is 0 Å². The number of aliphatic carboxylic acids is 1. The number of aliphatic hydroxyl groups is 1. The van der Waals surface area contributed by atoms with E-state index in [-0.39, 0.29) is 10.7 Å². The Balaban J connectivity index is 2.86. The Hall–Kier alpha value is -1.56. The van der Waals surface area contributed by atoms with Gasteiger partial charge in [-0.3, -0.25) is 5.43 Å². The molecule has 7 heteroatoms. The zero-order valence-electron chi connectivity index (χ0n) is 9.75. The summed E-state index contributed by atoms with van der Waals surface area (Å²) in [6.45, 7) is -0.413. The number of allylic oxidation sites excluding steroid dienone is 1. The first-order chi connectivity index (χ1) is 9.04. The van der Waals surface area contributed by atoms with Gasteiger partial charge in [0, 0.05) is 5.03 Å². The molecule has 0 aromatic heterocycles. The fraction of sp³-hybridized carbons (Fsp3) is 0.167. The van der Waals surface area contributed by atoms with Crippen molar-refractivity contribution in [2.24, 2.45) is 5.10 Å². The third kappa shape index (κ3) is 5.30. The van der Waals surface area contributed by atoms with Crippen LogP contribution in [0.5, 0.6) is 0 Å². The van der Waals surface area contributed by atoms with Crippen LogP contribution in [0, 0.1) is 0 Å². The highest BCUT2D eigenvalue weighted by atomic mass is 35.5. The summed E-state index contributed by atoms with van der Waals surface area (Å²) in [5.74, 6) is -1.28. The smallest absolute Gasteiger partial charge is 0.353 e. The fourth-order valence-corrected chi connectivity index (χ4v) is 1.64. The minimum absolute atomic E-state index is 0.0497. The van der Waals surface area contributed by atoms with Crippen LogP contribution < -0.4 is 5.43 Å². The van der Waals surface area contributed by atoms with Gasteiger partial charge in [0.2, 0.25) is 0 Å². The van der Waals surface area contributed by atoms with E-state index >= 15 is 0 Å². The second-order valence-corrected chi connectivity index (χ2v) is 4.41. The van der Waals surface area contributed by atoms with Crippen LogP contribution in [0.2, 0.25) is 0 Å². The van der Waals surface area contributed by atoms with E-state index in [4.69, 9.17) is 33.4 Å². The van der Waals surface area contributed by atoms with Crippen LogP contribution in [0.4, 0.5) is 5.69 Å². The van der Waals surface area contributed by atoms with Crippen molar-refractivity contribution < 1.29 is 15.0 Å². The number of hydrogen-bond donors (Lipinski definition) is 3. The van der Waals surface area contributed by atoms with E-state index in [1.165, 1.54) is 6.08 Å². The predicted molar refractivity (Wildman–Crippen MR) is 75.8 cm³/mol. The molecule has 0 aliphatic rings. The molecular weight excluding hydrogens is 291 g/mol. The Kier molecular flexibility index (Phi) is 6.35. The Morgan fingerprint density at radius 3 is 2.58 bits per heavy atom. The molecule has 1 aromatic rings. The number of carbonyl (C=O) groups is 1. The highest BCUT2D eigenvalue weighted by Crippen LogP contribution is 2.11. The average Bonchev–Trinajstić information content (AvgIpc) is 2.39. The minimum Gasteiger partial charge on any atom is -0.477 e. The van der Waals surface area contributed by atoms with Crippen molar-refractivity contribution in [2.45, 2.75) is 5.38 Å². The van der Waals surface area contributed by atoms with Crippen molar-refractivity contribution in [3.8, 4) is 0 Å². The molecular formula is C12H12Cl2N2O3. The Bertz CT molecular complexity index is 489. The van der Waals surface area contributed by atoms with Gasteiger partial charge in [0.1, 0.15) is 5.38 Å². The van der Waals surface area contributed by atoms with Gasteiger partial charge in [0.25, 0.3) is 0 Å². The van der Waals surface area contributed by atoms with E-state index in [0.29, 0.717) is 5.69 Å². The van der Waals surface area contributed by atoms with Gasteiger partial charge < -0.3 is 10.2 Å². The summed E-state index contributed by atoms with van der Waals surface area (Å²) >= 11 is 11.4. The van der Waals surface area contributed by atoms with E-state index in [9.17, 15) is 4.79 Å². The second kappa shape index (κ2) is 7.78. The van der Waals surface area contributed by atoms with Crippen LogP contribution in [0.3, 0.4) is 0 Å². The number of aliphatic hydroxyl groups excluding tert-OH is 1. The number of hydrazone groups is 1. The number of nitrogens with zero attached hydrogens (tertiary/aromatic N) is 1. The first-order valence-electron chi connectivity index (χ1n) is 5.27. The molecule has 0 saturated carbocycles. The lowest BCUT2D eigenvalue weighted by Crippen LogP contribution is -2.24. The molecule has 1 atom stereocenters. The van der Waals surface area contributed by atoms with Gasteiger partial charge in [0.15, 0.2) is 5.71 Å². The minimum atomic E-state index is -1.28. The second-order valence-electron chi connectivity index (χ2n) is 3.45. The Morgan fingerprint density at radius 1 is 1.42 bits per heavy atom. The SMILES string of the molecule is O=C(O)/C(=N\Nc1ccccc1)C(Cl)/C=C(\Cl)CO. The summed E-state index contributed by atoms with van der Waals surface area (Å²) in [5.41, 5.74) is 2.89. The van der Waals surface area contributed by atoms with E-state index in [2.05, 4.69) is 10.5 Å². The number of rotatable bonds is 6. The number of hydrogen-bond acceptors (Lipinski definition) is 4. The number of alkyl halides is 1. The third-order valence-corrected chi connectivity index (χ3v) is 2.62. The highest BCUT2D eigenvalue weighted by molar-refractivity contribution is 6.50. The fourth-order valence-electron chi connectivity index (χ4n) is 1.16. The monoisotopic (exact) mass is 302 g/mol. The van der Waals surface area contributed by atoms with E-state index in [1.54, 1.807) is 24.3 Å². The van der Waals surface area contributed by atoms with Crippen LogP contribution in [0.1, 0.15) is 0 Å². The molecule has 19 heavy (non-hydrogen) atoms. The van der Waals surface area contributed by atoms with Gasteiger partial charge in [-0.2, -0.15) is 5.10 Å². The average molecular weight is 303 g/mol. The summed E-state index contributed by atoms with van der Waals surface area (Å²) in [4.78, 5) is 11.0. The Morgan fingerprint density at radius 2 is 2.05 bits per heavy atom. The predicted octanol–water partition coefficient (Wildman–Crippen LogP) is 2.26. The van der Waals surface area contributed by atoms with Crippen LogP contribution in [0.15, 0.2) is 46.5 Å². The maximum atomic E-state index is 11.0. The summed E-state index contributed by atoms with van der Waals surface area (Å²) < 4.78 is 0. The van der Waals surface area contributed by atoms with Crippen LogP contribution in [-0.4, -0.2) is 33.9 Å². The molecule has 1 aromatic carbocycles. The number of carboxylic acids is 1. The standard InChI is InChI=1S/C12H12Cl2N2O3/c13-8(7-17)6-10(14)11(12(18)19)16-15-9-4-2-1-3-5-9/h1-6,10,15,17H,7H2,(H,18,19)/b8-6-,16-11-. The largest absolute Gasteiger partial charge is 0.477 e. The quantitative estimate of drug-likeness (QED) is 0.428. The van der Waals surface area contributed by atoms with Gasteiger partial charge in [0.05, 0.1) is 12.3 Å². The summed E-state index contributed by atoms with van der Waals surface area (Å²) in [7, 11) is 0. The van der Waals surface area contributed by atoms with Crippen molar-refractivity contribution >= 4 is 40.6 Å². The van der Waals surface area contributed by atoms with Crippen molar-refractivity contribution in [1.82, 2.24) is 0 Å². The summed E-state index contributed by atoms with van der Waals surface area (Å²) in [6.07, 6.45) is 1.21. The maximum absolute atomic E-state index is 11.0. The van der Waals surface area contributed by atoms with Crippen molar-refractivity contribution in [1.29, 1.82) is 0 Å².